The second-order valence-corrected chi connectivity index (χ2v) is 6.46. The Morgan fingerprint density at radius 1 is 1.03 bits per heavy atom. The van der Waals surface area contributed by atoms with E-state index in [0.717, 1.165) is 0 Å². The molecule has 3 aromatic rings. The Balaban J connectivity index is 2.04. The zero-order valence-electron chi connectivity index (χ0n) is 15.7. The van der Waals surface area contributed by atoms with E-state index in [0.29, 0.717) is 16.7 Å². The Morgan fingerprint density at radius 2 is 1.76 bits per heavy atom. The fraction of sp³-hybridized carbons (Fsp3) is 0.136. The van der Waals surface area contributed by atoms with E-state index in [4.69, 9.17) is 9.84 Å². The number of hydrogen-bond acceptors (Lipinski definition) is 3. The number of benzene rings is 3. The van der Waals surface area contributed by atoms with Crippen molar-refractivity contribution in [2.45, 2.75) is 6.92 Å². The van der Waals surface area contributed by atoms with Crippen LogP contribution < -0.4 is 9.64 Å². The van der Waals surface area contributed by atoms with Gasteiger partial charge in [0.2, 0.25) is 0 Å². The first-order chi connectivity index (χ1) is 13.8. The maximum Gasteiger partial charge on any atom is 0.341 e. The molecule has 0 saturated carbocycles. The van der Waals surface area contributed by atoms with Gasteiger partial charge in [0, 0.05) is 7.05 Å². The fourth-order valence-corrected chi connectivity index (χ4v) is 3.04. The molecule has 3 aromatic carbocycles. The molecule has 3 rings (SSSR count). The van der Waals surface area contributed by atoms with Crippen LogP contribution in [0.4, 0.5) is 24.5 Å². The molecule has 0 aliphatic carbocycles. The van der Waals surface area contributed by atoms with Gasteiger partial charge >= 0.3 is 5.97 Å². The minimum absolute atomic E-state index is 0.0446. The molecule has 0 amide bonds. The fourth-order valence-electron chi connectivity index (χ4n) is 3.04. The van der Waals surface area contributed by atoms with Crippen LogP contribution in [0.1, 0.15) is 5.56 Å². The second-order valence-electron chi connectivity index (χ2n) is 6.46. The number of nitrogens with zero attached hydrogens (tertiary/aromatic N) is 1. The SMILES string of the molecule is Cc1ccc(OCC(=O)O)c(F)c1N(C)c1cc(-c2cccc(F)c2)ccc1F. The highest BCUT2D eigenvalue weighted by Crippen LogP contribution is 2.37. The summed E-state index contributed by atoms with van der Waals surface area (Å²) in [6.45, 7) is 0.941. The van der Waals surface area contributed by atoms with Gasteiger partial charge in [0.25, 0.3) is 0 Å². The molecule has 0 radical (unpaired) electrons. The van der Waals surface area contributed by atoms with Crippen molar-refractivity contribution in [2.24, 2.45) is 0 Å². The summed E-state index contributed by atoms with van der Waals surface area (Å²) < 4.78 is 48.1. The van der Waals surface area contributed by atoms with Crippen molar-refractivity contribution in [2.75, 3.05) is 18.6 Å². The van der Waals surface area contributed by atoms with Gasteiger partial charge in [-0.15, -0.1) is 0 Å². The summed E-state index contributed by atoms with van der Waals surface area (Å²) in [6.07, 6.45) is 0. The lowest BCUT2D eigenvalue weighted by Crippen LogP contribution is -2.16. The molecule has 29 heavy (non-hydrogen) atoms. The van der Waals surface area contributed by atoms with Gasteiger partial charge in [-0.05, 0) is 53.9 Å². The molecule has 0 atom stereocenters. The molecule has 1 N–H and O–H groups in total. The lowest BCUT2D eigenvalue weighted by Gasteiger charge is -2.24. The predicted octanol–water partition coefficient (Wildman–Crippen LogP) is 5.31. The number of carbonyl (C=O) groups is 1. The summed E-state index contributed by atoms with van der Waals surface area (Å²) in [5, 5.41) is 8.74. The smallest absolute Gasteiger partial charge is 0.341 e. The number of aryl methyl sites for hydroxylation is 1. The Hall–Kier alpha value is -3.48. The van der Waals surface area contributed by atoms with Crippen LogP contribution >= 0.6 is 0 Å². The Kier molecular flexibility index (Phi) is 5.77. The molecular formula is C22H18F3NO3. The van der Waals surface area contributed by atoms with E-state index in [1.165, 1.54) is 48.3 Å². The highest BCUT2D eigenvalue weighted by atomic mass is 19.1. The molecule has 0 bridgehead atoms. The van der Waals surface area contributed by atoms with Crippen LogP contribution in [0.3, 0.4) is 0 Å². The minimum atomic E-state index is -1.24. The standard InChI is InChI=1S/C22H18F3NO3/c1-13-6-9-19(29-12-20(27)28)21(25)22(13)26(2)18-11-15(7-8-17(18)24)14-4-3-5-16(23)10-14/h3-11H,12H2,1-2H3,(H,27,28). The van der Waals surface area contributed by atoms with Gasteiger partial charge in [-0.25, -0.2) is 18.0 Å². The molecule has 0 aliphatic rings. The topological polar surface area (TPSA) is 49.8 Å². The number of anilines is 2. The maximum atomic E-state index is 15.0. The molecule has 0 aromatic heterocycles. The number of ether oxygens (including phenoxy) is 1. The van der Waals surface area contributed by atoms with Crippen LogP contribution in [-0.4, -0.2) is 24.7 Å². The van der Waals surface area contributed by atoms with Crippen molar-refractivity contribution in [1.29, 1.82) is 0 Å². The van der Waals surface area contributed by atoms with Crippen molar-refractivity contribution < 1.29 is 27.8 Å². The van der Waals surface area contributed by atoms with Crippen LogP contribution in [0, 0.1) is 24.4 Å². The van der Waals surface area contributed by atoms with Gasteiger partial charge in [-0.1, -0.05) is 24.3 Å². The van der Waals surface area contributed by atoms with Gasteiger partial charge in [-0.2, -0.15) is 0 Å². The first-order valence-corrected chi connectivity index (χ1v) is 8.71. The van der Waals surface area contributed by atoms with E-state index >= 15 is 0 Å². The quantitative estimate of drug-likeness (QED) is 0.608. The van der Waals surface area contributed by atoms with Crippen molar-refractivity contribution in [3.63, 3.8) is 0 Å². The largest absolute Gasteiger partial charge is 0.479 e. The van der Waals surface area contributed by atoms with Crippen LogP contribution in [0.5, 0.6) is 5.75 Å². The number of carboxylic acids is 1. The third-order valence-corrected chi connectivity index (χ3v) is 4.43. The van der Waals surface area contributed by atoms with Crippen molar-refractivity contribution >= 4 is 17.3 Å². The third-order valence-electron chi connectivity index (χ3n) is 4.43. The molecular weight excluding hydrogens is 383 g/mol. The lowest BCUT2D eigenvalue weighted by molar-refractivity contribution is -0.139. The number of rotatable bonds is 6. The summed E-state index contributed by atoms with van der Waals surface area (Å²) in [5.74, 6) is -3.31. The van der Waals surface area contributed by atoms with E-state index in [1.54, 1.807) is 25.1 Å². The maximum absolute atomic E-state index is 15.0. The van der Waals surface area contributed by atoms with E-state index in [9.17, 15) is 18.0 Å². The zero-order chi connectivity index (χ0) is 21.1. The average molecular weight is 401 g/mol. The molecule has 7 heteroatoms. The summed E-state index contributed by atoms with van der Waals surface area (Å²) in [4.78, 5) is 12.0. The molecule has 0 spiro atoms. The van der Waals surface area contributed by atoms with E-state index in [1.807, 2.05) is 0 Å². The normalized spacial score (nSPS) is 10.7. The number of halogens is 3. The van der Waals surface area contributed by atoms with E-state index in [2.05, 4.69) is 0 Å². The molecule has 150 valence electrons. The summed E-state index contributed by atoms with van der Waals surface area (Å²) in [6, 6.07) is 13.0. The van der Waals surface area contributed by atoms with Crippen LogP contribution in [0.2, 0.25) is 0 Å². The van der Waals surface area contributed by atoms with Gasteiger partial charge in [0.15, 0.2) is 18.2 Å². The van der Waals surface area contributed by atoms with Crippen LogP contribution in [-0.2, 0) is 4.79 Å². The average Bonchev–Trinajstić information content (AvgIpc) is 2.67. The van der Waals surface area contributed by atoms with Crippen molar-refractivity contribution in [1.82, 2.24) is 0 Å². The van der Waals surface area contributed by atoms with Crippen molar-refractivity contribution in [3.8, 4) is 16.9 Å². The van der Waals surface area contributed by atoms with Gasteiger partial charge in [0.1, 0.15) is 11.6 Å². The Bertz CT molecular complexity index is 1070. The summed E-state index contributed by atoms with van der Waals surface area (Å²) in [7, 11) is 1.49. The molecule has 0 saturated heterocycles. The second kappa shape index (κ2) is 8.26. The molecule has 0 unspecified atom stereocenters. The van der Waals surface area contributed by atoms with Crippen LogP contribution in [0.25, 0.3) is 11.1 Å². The predicted molar refractivity (Wildman–Crippen MR) is 104 cm³/mol. The third kappa shape index (κ3) is 4.34. The number of aliphatic carboxylic acids is 1. The summed E-state index contributed by atoms with van der Waals surface area (Å²) in [5.41, 5.74) is 1.73. The monoisotopic (exact) mass is 401 g/mol. The first-order valence-electron chi connectivity index (χ1n) is 8.71. The highest BCUT2D eigenvalue weighted by molar-refractivity contribution is 5.74. The number of hydrogen-bond donors (Lipinski definition) is 1. The van der Waals surface area contributed by atoms with Crippen molar-refractivity contribution in [3.05, 3.63) is 77.6 Å². The van der Waals surface area contributed by atoms with Gasteiger partial charge in [-0.3, -0.25) is 0 Å². The Labute approximate surface area is 165 Å². The van der Waals surface area contributed by atoms with Gasteiger partial charge < -0.3 is 14.7 Å². The molecule has 4 nitrogen and oxygen atoms in total. The van der Waals surface area contributed by atoms with Gasteiger partial charge in [0.05, 0.1) is 11.4 Å². The zero-order valence-corrected chi connectivity index (χ0v) is 15.7. The molecule has 0 heterocycles. The van der Waals surface area contributed by atoms with Crippen LogP contribution in [0.15, 0.2) is 54.6 Å². The number of carboxylic acid groups (broad SMARTS) is 1. The minimum Gasteiger partial charge on any atom is -0.479 e. The first kappa shape index (κ1) is 20.3. The Morgan fingerprint density at radius 3 is 2.45 bits per heavy atom. The lowest BCUT2D eigenvalue weighted by atomic mass is 10.0. The summed E-state index contributed by atoms with van der Waals surface area (Å²) >= 11 is 0. The molecule has 0 aliphatic heterocycles. The van der Waals surface area contributed by atoms with E-state index < -0.39 is 30.0 Å². The molecule has 0 fully saturated rings. The highest BCUT2D eigenvalue weighted by Gasteiger charge is 2.20. The van der Waals surface area contributed by atoms with E-state index in [-0.39, 0.29) is 17.1 Å².